The van der Waals surface area contributed by atoms with Crippen molar-refractivity contribution in [1.82, 2.24) is 4.98 Å². The van der Waals surface area contributed by atoms with Crippen LogP contribution in [-0.2, 0) is 12.3 Å². The summed E-state index contributed by atoms with van der Waals surface area (Å²) in [4.78, 5) is 4.35. The molecule has 15 heavy (non-hydrogen) atoms. The molecule has 74 valence electrons. The Bertz CT molecular complexity index is 529. The quantitative estimate of drug-likeness (QED) is 0.724. The number of alkyl halides is 1. The number of aromatic nitrogens is 1. The largest absolute Gasteiger partial charge is 0.255 e. The molecule has 0 spiro atoms. The van der Waals surface area contributed by atoms with Gasteiger partial charge in [0.2, 0.25) is 0 Å². The number of nitriles is 1. The molecule has 2 nitrogen and oxygen atoms in total. The van der Waals surface area contributed by atoms with Crippen LogP contribution in [0.4, 0.5) is 0 Å². The van der Waals surface area contributed by atoms with Gasteiger partial charge in [0.25, 0.3) is 0 Å². The molecule has 0 bridgehead atoms. The van der Waals surface area contributed by atoms with Crippen LogP contribution in [0.2, 0.25) is 0 Å². The third-order valence-electron chi connectivity index (χ3n) is 2.26. The highest BCUT2D eigenvalue weighted by Gasteiger charge is 2.04. The second-order valence-corrected chi connectivity index (χ2v) is 3.52. The summed E-state index contributed by atoms with van der Waals surface area (Å²) in [5, 5.41) is 10.8. The molecule has 1 heterocycles. The lowest BCUT2D eigenvalue weighted by Crippen LogP contribution is -1.94. The standard InChI is InChI=1S/C12H9ClN2/c13-8-12-11-4-2-1-3-9(11)7-10(15-12)5-6-14/h1-4,7H,5,8H2. The van der Waals surface area contributed by atoms with E-state index in [1.165, 1.54) is 0 Å². The third-order valence-corrected chi connectivity index (χ3v) is 2.51. The van der Waals surface area contributed by atoms with Crippen LogP contribution in [0.15, 0.2) is 30.3 Å². The number of hydrogen-bond donors (Lipinski definition) is 0. The van der Waals surface area contributed by atoms with E-state index in [0.29, 0.717) is 12.3 Å². The van der Waals surface area contributed by atoms with Crippen molar-refractivity contribution in [2.45, 2.75) is 12.3 Å². The molecule has 0 aliphatic carbocycles. The molecule has 2 rings (SSSR count). The maximum absolute atomic E-state index is 8.63. The van der Waals surface area contributed by atoms with Crippen LogP contribution in [0, 0.1) is 11.3 Å². The summed E-state index contributed by atoms with van der Waals surface area (Å²) in [6.45, 7) is 0. The van der Waals surface area contributed by atoms with Crippen LogP contribution in [-0.4, -0.2) is 4.98 Å². The maximum Gasteiger partial charge on any atom is 0.0775 e. The zero-order chi connectivity index (χ0) is 10.7. The number of hydrogen-bond acceptors (Lipinski definition) is 2. The fraction of sp³-hybridized carbons (Fsp3) is 0.167. The highest BCUT2D eigenvalue weighted by atomic mass is 35.5. The van der Waals surface area contributed by atoms with E-state index in [4.69, 9.17) is 16.9 Å². The van der Waals surface area contributed by atoms with Gasteiger partial charge in [-0.05, 0) is 11.5 Å². The molecule has 0 fully saturated rings. The summed E-state index contributed by atoms with van der Waals surface area (Å²) >= 11 is 5.83. The van der Waals surface area contributed by atoms with Gasteiger partial charge in [0, 0.05) is 5.39 Å². The van der Waals surface area contributed by atoms with Crippen molar-refractivity contribution in [2.24, 2.45) is 0 Å². The monoisotopic (exact) mass is 216 g/mol. The molecule has 0 N–H and O–H groups in total. The Balaban J connectivity index is 2.67. The molecule has 0 aliphatic rings. The molecular weight excluding hydrogens is 208 g/mol. The van der Waals surface area contributed by atoms with Crippen molar-refractivity contribution in [3.05, 3.63) is 41.7 Å². The molecule has 0 atom stereocenters. The van der Waals surface area contributed by atoms with Gasteiger partial charge >= 0.3 is 0 Å². The molecule has 0 saturated carbocycles. The van der Waals surface area contributed by atoms with Crippen LogP contribution in [0.1, 0.15) is 11.4 Å². The molecule has 0 unspecified atom stereocenters. The van der Waals surface area contributed by atoms with E-state index in [0.717, 1.165) is 22.2 Å². The Labute approximate surface area is 93.1 Å². The minimum Gasteiger partial charge on any atom is -0.255 e. The van der Waals surface area contributed by atoms with Gasteiger partial charge in [0.1, 0.15) is 0 Å². The van der Waals surface area contributed by atoms with Crippen molar-refractivity contribution in [2.75, 3.05) is 0 Å². The lowest BCUT2D eigenvalue weighted by molar-refractivity contribution is 1.07. The molecule has 0 radical (unpaired) electrons. The van der Waals surface area contributed by atoms with E-state index >= 15 is 0 Å². The second-order valence-electron chi connectivity index (χ2n) is 3.25. The number of fused-ring (bicyclic) bond motifs is 1. The highest BCUT2D eigenvalue weighted by molar-refractivity contribution is 6.17. The van der Waals surface area contributed by atoms with E-state index in [1.54, 1.807) is 0 Å². The first-order chi connectivity index (χ1) is 7.35. The topological polar surface area (TPSA) is 36.7 Å². The Kier molecular flexibility index (Phi) is 2.84. The van der Waals surface area contributed by atoms with Gasteiger partial charge in [-0.25, -0.2) is 0 Å². The molecule has 1 aromatic heterocycles. The molecule has 0 amide bonds. The summed E-state index contributed by atoms with van der Waals surface area (Å²) in [5.41, 5.74) is 1.63. The average molecular weight is 217 g/mol. The zero-order valence-corrected chi connectivity index (χ0v) is 8.83. The second kappa shape index (κ2) is 4.29. The molecule has 1 aromatic carbocycles. The summed E-state index contributed by atoms with van der Waals surface area (Å²) in [5.74, 6) is 0.375. The van der Waals surface area contributed by atoms with Crippen LogP contribution >= 0.6 is 11.6 Å². The number of benzene rings is 1. The van der Waals surface area contributed by atoms with Gasteiger partial charge in [0.15, 0.2) is 0 Å². The molecular formula is C12H9ClN2. The summed E-state index contributed by atoms with van der Waals surface area (Å²) in [7, 11) is 0. The lowest BCUT2D eigenvalue weighted by Gasteiger charge is -2.04. The highest BCUT2D eigenvalue weighted by Crippen LogP contribution is 2.19. The Hall–Kier alpha value is -1.59. The number of rotatable bonds is 2. The number of nitrogens with zero attached hydrogens (tertiary/aromatic N) is 2. The van der Waals surface area contributed by atoms with Gasteiger partial charge in [-0.1, -0.05) is 24.3 Å². The predicted molar refractivity (Wildman–Crippen MR) is 60.6 cm³/mol. The van der Waals surface area contributed by atoms with E-state index < -0.39 is 0 Å². The first-order valence-corrected chi connectivity index (χ1v) is 5.19. The first-order valence-electron chi connectivity index (χ1n) is 4.65. The summed E-state index contributed by atoms with van der Waals surface area (Å²) in [6, 6.07) is 12.0. The SMILES string of the molecule is N#CCc1cc2ccccc2c(CCl)n1. The molecule has 2 aromatic rings. The Morgan fingerprint density at radius 1 is 1.33 bits per heavy atom. The molecule has 0 saturated heterocycles. The van der Waals surface area contributed by atoms with E-state index in [9.17, 15) is 0 Å². The maximum atomic E-state index is 8.63. The van der Waals surface area contributed by atoms with Crippen LogP contribution in [0.25, 0.3) is 10.8 Å². The van der Waals surface area contributed by atoms with Crippen LogP contribution in [0.5, 0.6) is 0 Å². The predicted octanol–water partition coefficient (Wildman–Crippen LogP) is 3.04. The van der Waals surface area contributed by atoms with Crippen LogP contribution < -0.4 is 0 Å². The minimum atomic E-state index is 0.328. The number of halogens is 1. The summed E-state index contributed by atoms with van der Waals surface area (Å²) < 4.78 is 0. The molecule has 0 aliphatic heterocycles. The first kappa shape index (κ1) is 9.95. The van der Waals surface area contributed by atoms with Crippen molar-refractivity contribution in [3.63, 3.8) is 0 Å². The fourth-order valence-corrected chi connectivity index (χ4v) is 1.81. The lowest BCUT2D eigenvalue weighted by atomic mass is 10.1. The van der Waals surface area contributed by atoms with Crippen molar-refractivity contribution in [3.8, 4) is 6.07 Å². The van der Waals surface area contributed by atoms with Crippen molar-refractivity contribution < 1.29 is 0 Å². The third kappa shape index (κ3) is 1.93. The Morgan fingerprint density at radius 2 is 2.13 bits per heavy atom. The van der Waals surface area contributed by atoms with Gasteiger partial charge < -0.3 is 0 Å². The van der Waals surface area contributed by atoms with Crippen LogP contribution in [0.3, 0.4) is 0 Å². The van der Waals surface area contributed by atoms with Crippen molar-refractivity contribution in [1.29, 1.82) is 5.26 Å². The van der Waals surface area contributed by atoms with Gasteiger partial charge in [-0.2, -0.15) is 5.26 Å². The minimum absolute atomic E-state index is 0.328. The van der Waals surface area contributed by atoms with E-state index in [2.05, 4.69) is 11.1 Å². The molecule has 3 heteroatoms. The van der Waals surface area contributed by atoms with Crippen molar-refractivity contribution >= 4 is 22.4 Å². The average Bonchev–Trinajstić information content (AvgIpc) is 2.28. The van der Waals surface area contributed by atoms with Gasteiger partial charge in [-0.3, -0.25) is 4.98 Å². The van der Waals surface area contributed by atoms with E-state index in [-0.39, 0.29) is 0 Å². The van der Waals surface area contributed by atoms with Gasteiger partial charge in [0.05, 0.1) is 29.8 Å². The zero-order valence-electron chi connectivity index (χ0n) is 8.07. The smallest absolute Gasteiger partial charge is 0.0775 e. The fourth-order valence-electron chi connectivity index (χ4n) is 1.60. The Morgan fingerprint density at radius 3 is 2.87 bits per heavy atom. The van der Waals surface area contributed by atoms with Gasteiger partial charge in [-0.15, -0.1) is 11.6 Å². The normalized spacial score (nSPS) is 10.1. The van der Waals surface area contributed by atoms with E-state index in [1.807, 2.05) is 30.3 Å². The number of pyridine rings is 1. The summed E-state index contributed by atoms with van der Waals surface area (Å²) in [6.07, 6.45) is 0.328.